The smallest absolute Gasteiger partial charge is 0.407 e. The summed E-state index contributed by atoms with van der Waals surface area (Å²) in [6.45, 7) is 4.24. The molecule has 0 saturated carbocycles. The van der Waals surface area contributed by atoms with E-state index in [0.29, 0.717) is 35.8 Å². The molecule has 0 bridgehead atoms. The fourth-order valence-corrected chi connectivity index (χ4v) is 7.61. The van der Waals surface area contributed by atoms with E-state index in [9.17, 15) is 23.6 Å². The topological polar surface area (TPSA) is 179 Å². The summed E-state index contributed by atoms with van der Waals surface area (Å²) in [5.41, 5.74) is 0.989. The lowest BCUT2D eigenvalue weighted by atomic mass is 10.0. The first-order valence-electron chi connectivity index (χ1n) is 16.0. The summed E-state index contributed by atoms with van der Waals surface area (Å²) in [6.07, 6.45) is -0.706. The lowest BCUT2D eigenvalue weighted by Gasteiger charge is -2.31. The second-order valence-corrected chi connectivity index (χ2v) is 14.4. The number of amides is 1. The van der Waals surface area contributed by atoms with Gasteiger partial charge in [0.25, 0.3) is 0 Å². The van der Waals surface area contributed by atoms with Crippen LogP contribution < -0.4 is 19.5 Å². The number of aliphatic hydroxyl groups is 1. The number of sulfonamides is 1. The number of pyridine rings is 1. The average Bonchev–Trinajstić information content (AvgIpc) is 3.84. The van der Waals surface area contributed by atoms with Crippen molar-refractivity contribution in [1.29, 1.82) is 5.26 Å². The van der Waals surface area contributed by atoms with E-state index in [0.717, 1.165) is 0 Å². The number of carbonyl (C=O) groups excluding carboxylic acids is 1. The SMILES string of the molecule is CC(C)CN(C[C@@H](O)[C@H](Cc1ccc(Oc2ncccc2C#N)cc1)NC(=O)O[C@H]1CO[C@H]2OCC[C@H]21)S(=O)(=O)c1ccc2c(c1)OCO2. The van der Waals surface area contributed by atoms with Gasteiger partial charge in [-0.05, 0) is 60.7 Å². The number of hydrogen-bond donors (Lipinski definition) is 2. The molecule has 2 aromatic carbocycles. The minimum absolute atomic E-state index is 0.00469. The van der Waals surface area contributed by atoms with Crippen LogP contribution in [0.15, 0.2) is 65.7 Å². The second-order valence-electron chi connectivity index (χ2n) is 12.4. The first-order valence-corrected chi connectivity index (χ1v) is 17.4. The summed E-state index contributed by atoms with van der Waals surface area (Å²) in [5.74, 6) is 1.19. The van der Waals surface area contributed by atoms with Crippen LogP contribution in [-0.4, -0.2) is 86.5 Å². The zero-order valence-electron chi connectivity index (χ0n) is 27.1. The fraction of sp³-hybridized carbons (Fsp3) is 0.441. The van der Waals surface area contributed by atoms with E-state index in [1.165, 1.54) is 28.7 Å². The van der Waals surface area contributed by atoms with Crippen molar-refractivity contribution in [2.75, 3.05) is 33.1 Å². The van der Waals surface area contributed by atoms with Crippen molar-refractivity contribution in [3.63, 3.8) is 0 Å². The highest BCUT2D eigenvalue weighted by Gasteiger charge is 2.44. The number of ether oxygens (including phenoxy) is 6. The predicted octanol–water partition coefficient (Wildman–Crippen LogP) is 3.58. The van der Waals surface area contributed by atoms with Gasteiger partial charge in [-0.25, -0.2) is 18.2 Å². The quantitative estimate of drug-likeness (QED) is 0.266. The monoisotopic (exact) mass is 694 g/mol. The Balaban J connectivity index is 1.21. The number of hydrogen-bond acceptors (Lipinski definition) is 12. The molecule has 2 N–H and O–H groups in total. The molecule has 0 aliphatic carbocycles. The first-order chi connectivity index (χ1) is 23.6. The highest BCUT2D eigenvalue weighted by atomic mass is 32.2. The van der Waals surface area contributed by atoms with E-state index >= 15 is 0 Å². The number of nitrogens with one attached hydrogen (secondary N) is 1. The number of aromatic nitrogens is 1. The van der Waals surface area contributed by atoms with Gasteiger partial charge in [0, 0.05) is 25.4 Å². The van der Waals surface area contributed by atoms with E-state index in [1.807, 2.05) is 19.9 Å². The maximum absolute atomic E-state index is 13.9. The number of aliphatic hydroxyl groups excluding tert-OH is 1. The molecule has 1 aromatic heterocycles. The molecule has 260 valence electrons. The Morgan fingerprint density at radius 2 is 1.92 bits per heavy atom. The van der Waals surface area contributed by atoms with Crippen molar-refractivity contribution in [2.45, 2.75) is 56.1 Å². The van der Waals surface area contributed by atoms with Crippen molar-refractivity contribution >= 4 is 16.1 Å². The van der Waals surface area contributed by atoms with Gasteiger partial charge >= 0.3 is 6.09 Å². The van der Waals surface area contributed by atoms with Crippen LogP contribution >= 0.6 is 0 Å². The standard InChI is InChI=1S/C34H38N4O10S/c1-21(2)17-38(49(41,42)25-9-10-29-30(15-25)46-20-45-29)18-28(39)27(37-34(40)48-31-19-44-33-26(31)11-13-43-33)14-22-5-7-24(8-6-22)47-32-23(16-35)4-3-12-36-32/h3-10,12,15,21,26-28,31,33,39H,11,13-14,17-20H2,1-2H3,(H,37,40)/t26-,27-,28+,31-,33+/m0/s1. The Morgan fingerprint density at radius 1 is 1.12 bits per heavy atom. The second kappa shape index (κ2) is 15.0. The summed E-state index contributed by atoms with van der Waals surface area (Å²) in [4.78, 5) is 17.4. The summed E-state index contributed by atoms with van der Waals surface area (Å²) in [7, 11) is -4.10. The van der Waals surface area contributed by atoms with Crippen LogP contribution in [0.1, 0.15) is 31.4 Å². The molecule has 49 heavy (non-hydrogen) atoms. The Hall–Kier alpha value is -4.46. The third kappa shape index (κ3) is 8.06. The third-order valence-corrected chi connectivity index (χ3v) is 10.3. The van der Waals surface area contributed by atoms with Crippen LogP contribution in [-0.2, 0) is 30.7 Å². The van der Waals surface area contributed by atoms with Crippen LogP contribution in [0.2, 0.25) is 0 Å². The minimum Gasteiger partial charge on any atom is -0.454 e. The fourth-order valence-electron chi connectivity index (χ4n) is 5.97. The number of alkyl carbamates (subject to hydrolysis) is 1. The zero-order valence-corrected chi connectivity index (χ0v) is 27.9. The van der Waals surface area contributed by atoms with Gasteiger partial charge in [0.2, 0.25) is 22.7 Å². The normalized spacial score (nSPS) is 20.9. The summed E-state index contributed by atoms with van der Waals surface area (Å²) >= 11 is 0. The van der Waals surface area contributed by atoms with Crippen molar-refractivity contribution in [1.82, 2.24) is 14.6 Å². The zero-order chi connectivity index (χ0) is 34.5. The summed E-state index contributed by atoms with van der Waals surface area (Å²) in [6, 6.07) is 15.6. The van der Waals surface area contributed by atoms with Gasteiger partial charge in [-0.3, -0.25) is 0 Å². The largest absolute Gasteiger partial charge is 0.454 e. The van der Waals surface area contributed by atoms with Crippen LogP contribution in [0.5, 0.6) is 23.1 Å². The van der Waals surface area contributed by atoms with Crippen LogP contribution in [0.3, 0.4) is 0 Å². The van der Waals surface area contributed by atoms with Crippen molar-refractivity contribution in [2.24, 2.45) is 11.8 Å². The van der Waals surface area contributed by atoms with Crippen molar-refractivity contribution in [3.8, 4) is 29.2 Å². The van der Waals surface area contributed by atoms with Gasteiger partial charge in [0.1, 0.15) is 23.5 Å². The molecule has 2 fully saturated rings. The molecule has 0 unspecified atom stereocenters. The third-order valence-electron chi connectivity index (χ3n) is 8.44. The molecule has 3 aliphatic heterocycles. The molecule has 1 amide bonds. The average molecular weight is 695 g/mol. The molecule has 6 rings (SSSR count). The van der Waals surface area contributed by atoms with Crippen LogP contribution in [0.25, 0.3) is 0 Å². The molecule has 14 nitrogen and oxygen atoms in total. The van der Waals surface area contributed by atoms with Crippen molar-refractivity contribution < 1.29 is 46.7 Å². The molecule has 15 heteroatoms. The van der Waals surface area contributed by atoms with Gasteiger partial charge < -0.3 is 38.8 Å². The summed E-state index contributed by atoms with van der Waals surface area (Å²) < 4.78 is 62.4. The Morgan fingerprint density at radius 3 is 2.69 bits per heavy atom. The van der Waals surface area contributed by atoms with Crippen LogP contribution in [0.4, 0.5) is 4.79 Å². The number of benzene rings is 2. The highest BCUT2D eigenvalue weighted by molar-refractivity contribution is 7.89. The van der Waals surface area contributed by atoms with Gasteiger partial charge in [-0.15, -0.1) is 0 Å². The Labute approximate surface area is 284 Å². The molecule has 3 aromatic rings. The van der Waals surface area contributed by atoms with Gasteiger partial charge in [0.05, 0.1) is 36.2 Å². The van der Waals surface area contributed by atoms with E-state index in [1.54, 1.807) is 36.4 Å². The van der Waals surface area contributed by atoms with Crippen LogP contribution in [0, 0.1) is 23.2 Å². The Kier molecular flexibility index (Phi) is 10.5. The number of nitriles is 1. The number of carbonyl (C=O) groups is 1. The first kappa shape index (κ1) is 34.4. The predicted molar refractivity (Wildman–Crippen MR) is 172 cm³/mol. The minimum atomic E-state index is -4.10. The molecule has 0 radical (unpaired) electrons. The van der Waals surface area contributed by atoms with E-state index in [-0.39, 0.29) is 61.1 Å². The number of nitrogens with zero attached hydrogens (tertiary/aromatic N) is 3. The lowest BCUT2D eigenvalue weighted by molar-refractivity contribution is -0.0907. The molecule has 0 spiro atoms. The molecule has 4 heterocycles. The molecule has 3 aliphatic rings. The number of rotatable bonds is 13. The maximum Gasteiger partial charge on any atom is 0.407 e. The van der Waals surface area contributed by atoms with Gasteiger partial charge in [-0.1, -0.05) is 26.0 Å². The van der Waals surface area contributed by atoms with Crippen molar-refractivity contribution in [3.05, 3.63) is 71.9 Å². The molecule has 2 saturated heterocycles. The lowest BCUT2D eigenvalue weighted by Crippen LogP contribution is -2.51. The Bertz CT molecular complexity index is 1780. The molecular weight excluding hydrogens is 656 g/mol. The van der Waals surface area contributed by atoms with E-state index < -0.39 is 40.7 Å². The number of fused-ring (bicyclic) bond motifs is 2. The van der Waals surface area contributed by atoms with E-state index in [4.69, 9.17) is 28.4 Å². The van der Waals surface area contributed by atoms with E-state index in [2.05, 4.69) is 10.3 Å². The maximum atomic E-state index is 13.9. The molecule has 5 atom stereocenters. The van der Waals surface area contributed by atoms with Gasteiger partial charge in [-0.2, -0.15) is 9.57 Å². The highest BCUT2D eigenvalue weighted by Crippen LogP contribution is 2.35. The molecular formula is C34H38N4O10S. The summed E-state index contributed by atoms with van der Waals surface area (Å²) in [5, 5.41) is 23.8. The van der Waals surface area contributed by atoms with Gasteiger partial charge in [0.15, 0.2) is 17.8 Å².